The topological polar surface area (TPSA) is 86.6 Å². The third kappa shape index (κ3) is 3.02. The van der Waals surface area contributed by atoms with Crippen LogP contribution in [0.5, 0.6) is 0 Å². The molecule has 0 saturated heterocycles. The first-order valence-corrected chi connectivity index (χ1v) is 4.18. The average molecular weight is 189 g/mol. The van der Waals surface area contributed by atoms with Crippen molar-refractivity contribution >= 4 is 11.9 Å². The van der Waals surface area contributed by atoms with Gasteiger partial charge in [-0.3, -0.25) is 14.9 Å². The molecule has 0 amide bonds. The van der Waals surface area contributed by atoms with E-state index in [1.54, 1.807) is 13.8 Å². The van der Waals surface area contributed by atoms with Gasteiger partial charge in [-0.05, 0) is 12.8 Å². The molecule has 0 aromatic rings. The Morgan fingerprint density at radius 2 is 1.69 bits per heavy atom. The fourth-order valence-electron chi connectivity index (χ4n) is 1.12. The van der Waals surface area contributed by atoms with Crippen molar-refractivity contribution in [3.8, 4) is 0 Å². The fraction of sp³-hybridized carbons (Fsp3) is 0.750. The lowest BCUT2D eigenvalue weighted by atomic mass is 9.93. The molecule has 13 heavy (non-hydrogen) atoms. The second-order valence-electron chi connectivity index (χ2n) is 2.84. The Hall–Kier alpha value is -1.10. The number of hydrogen-bond acceptors (Lipinski definition) is 3. The van der Waals surface area contributed by atoms with Crippen LogP contribution in [0, 0.1) is 0 Å². The molecule has 0 unspecified atom stereocenters. The number of hydrogen-bond donors (Lipinski definition) is 3. The van der Waals surface area contributed by atoms with E-state index in [0.717, 1.165) is 0 Å². The van der Waals surface area contributed by atoms with Gasteiger partial charge in [0.15, 0.2) is 0 Å². The summed E-state index contributed by atoms with van der Waals surface area (Å²) >= 11 is 0. The minimum Gasteiger partial charge on any atom is -0.480 e. The minimum atomic E-state index is -1.10. The maximum Gasteiger partial charge on any atom is 0.323 e. The Bertz CT molecular complexity index is 198. The zero-order valence-electron chi connectivity index (χ0n) is 7.83. The average Bonchev–Trinajstić information content (AvgIpc) is 2.06. The summed E-state index contributed by atoms with van der Waals surface area (Å²) in [6.45, 7) is 3.10. The molecule has 0 aromatic heterocycles. The minimum absolute atomic E-state index is 0.325. The molecule has 0 atom stereocenters. The van der Waals surface area contributed by atoms with Crippen molar-refractivity contribution in [3.05, 3.63) is 0 Å². The van der Waals surface area contributed by atoms with Crippen molar-refractivity contribution in [3.63, 3.8) is 0 Å². The molecule has 0 heterocycles. The summed E-state index contributed by atoms with van der Waals surface area (Å²) in [5.41, 5.74) is -1.10. The Kier molecular flexibility index (Phi) is 4.40. The molecule has 5 nitrogen and oxygen atoms in total. The van der Waals surface area contributed by atoms with E-state index >= 15 is 0 Å². The summed E-state index contributed by atoms with van der Waals surface area (Å²) in [4.78, 5) is 21.1. The zero-order valence-corrected chi connectivity index (χ0v) is 7.83. The molecule has 0 aliphatic carbocycles. The molecule has 3 N–H and O–H groups in total. The predicted octanol–water partition coefficient (Wildman–Crippen LogP) is 0.304. The summed E-state index contributed by atoms with van der Waals surface area (Å²) in [5.74, 6) is -2.05. The molecule has 0 aliphatic heterocycles. The van der Waals surface area contributed by atoms with E-state index in [9.17, 15) is 9.59 Å². The van der Waals surface area contributed by atoms with Crippen LogP contribution < -0.4 is 5.32 Å². The highest BCUT2D eigenvalue weighted by atomic mass is 16.4. The normalized spacial score (nSPS) is 11.2. The van der Waals surface area contributed by atoms with Gasteiger partial charge in [0.05, 0.1) is 6.54 Å². The molecule has 0 aliphatic rings. The maximum absolute atomic E-state index is 10.8. The maximum atomic E-state index is 10.8. The van der Waals surface area contributed by atoms with Crippen LogP contribution in [0.25, 0.3) is 0 Å². The van der Waals surface area contributed by atoms with Crippen molar-refractivity contribution in [1.82, 2.24) is 5.32 Å². The van der Waals surface area contributed by atoms with Crippen LogP contribution >= 0.6 is 0 Å². The summed E-state index contributed by atoms with van der Waals surface area (Å²) in [6, 6.07) is 0. The van der Waals surface area contributed by atoms with Gasteiger partial charge in [0.1, 0.15) is 5.54 Å². The third-order valence-corrected chi connectivity index (χ3v) is 2.19. The highest BCUT2D eigenvalue weighted by molar-refractivity contribution is 5.80. The van der Waals surface area contributed by atoms with E-state index in [2.05, 4.69) is 5.32 Å². The van der Waals surface area contributed by atoms with Gasteiger partial charge in [-0.15, -0.1) is 0 Å². The second-order valence-corrected chi connectivity index (χ2v) is 2.84. The van der Waals surface area contributed by atoms with E-state index in [1.165, 1.54) is 0 Å². The van der Waals surface area contributed by atoms with Gasteiger partial charge in [-0.1, -0.05) is 13.8 Å². The monoisotopic (exact) mass is 189 g/mol. The van der Waals surface area contributed by atoms with Crippen LogP contribution in [-0.2, 0) is 9.59 Å². The SMILES string of the molecule is CCC(CC)(NCC(=O)O)C(=O)O. The number of rotatable bonds is 6. The van der Waals surface area contributed by atoms with Gasteiger partial charge in [0, 0.05) is 0 Å². The Labute approximate surface area is 76.8 Å². The lowest BCUT2D eigenvalue weighted by Gasteiger charge is -2.27. The van der Waals surface area contributed by atoms with E-state index in [-0.39, 0.29) is 6.54 Å². The van der Waals surface area contributed by atoms with Crippen LogP contribution in [0.2, 0.25) is 0 Å². The van der Waals surface area contributed by atoms with Gasteiger partial charge in [-0.2, -0.15) is 0 Å². The van der Waals surface area contributed by atoms with E-state index in [1.807, 2.05) is 0 Å². The summed E-state index contributed by atoms with van der Waals surface area (Å²) in [5, 5.41) is 19.8. The van der Waals surface area contributed by atoms with Crippen molar-refractivity contribution in [2.45, 2.75) is 32.2 Å². The van der Waals surface area contributed by atoms with Crippen molar-refractivity contribution in [2.75, 3.05) is 6.54 Å². The fourth-order valence-corrected chi connectivity index (χ4v) is 1.12. The van der Waals surface area contributed by atoms with Crippen LogP contribution in [0.4, 0.5) is 0 Å². The molecule has 0 spiro atoms. The van der Waals surface area contributed by atoms with E-state index in [0.29, 0.717) is 12.8 Å². The first kappa shape index (κ1) is 11.9. The highest BCUT2D eigenvalue weighted by Gasteiger charge is 2.34. The molecule has 5 heteroatoms. The number of carboxylic acids is 2. The predicted molar refractivity (Wildman–Crippen MR) is 46.6 cm³/mol. The smallest absolute Gasteiger partial charge is 0.323 e. The van der Waals surface area contributed by atoms with Gasteiger partial charge in [0.25, 0.3) is 0 Å². The molecule has 0 radical (unpaired) electrons. The molecule has 0 aromatic carbocycles. The summed E-state index contributed by atoms with van der Waals surface area (Å²) in [6.07, 6.45) is 0.734. The Balaban J connectivity index is 4.39. The summed E-state index contributed by atoms with van der Waals surface area (Å²) < 4.78 is 0. The van der Waals surface area contributed by atoms with Crippen molar-refractivity contribution in [1.29, 1.82) is 0 Å². The standard InChI is InChI=1S/C8H15NO4/c1-3-8(4-2,7(12)13)9-5-6(10)11/h9H,3-5H2,1-2H3,(H,10,11)(H,12,13). The first-order chi connectivity index (χ1) is 5.98. The Morgan fingerprint density at radius 3 is 1.92 bits per heavy atom. The van der Waals surface area contributed by atoms with Crippen LogP contribution in [-0.4, -0.2) is 34.2 Å². The first-order valence-electron chi connectivity index (χ1n) is 4.18. The largest absolute Gasteiger partial charge is 0.480 e. The molecule has 76 valence electrons. The molecule has 0 bridgehead atoms. The molecule has 0 fully saturated rings. The van der Waals surface area contributed by atoms with E-state index < -0.39 is 17.5 Å². The number of aliphatic carboxylic acids is 2. The quantitative estimate of drug-likeness (QED) is 0.559. The van der Waals surface area contributed by atoms with Crippen molar-refractivity contribution < 1.29 is 19.8 Å². The lowest BCUT2D eigenvalue weighted by molar-refractivity contribution is -0.146. The van der Waals surface area contributed by atoms with Gasteiger partial charge in [0.2, 0.25) is 0 Å². The van der Waals surface area contributed by atoms with E-state index in [4.69, 9.17) is 10.2 Å². The molecular formula is C8H15NO4. The highest BCUT2D eigenvalue weighted by Crippen LogP contribution is 2.14. The number of carbonyl (C=O) groups is 2. The molecule has 0 rings (SSSR count). The van der Waals surface area contributed by atoms with Crippen LogP contribution in [0.15, 0.2) is 0 Å². The Morgan fingerprint density at radius 1 is 1.23 bits per heavy atom. The number of carboxylic acid groups (broad SMARTS) is 2. The summed E-state index contributed by atoms with van der Waals surface area (Å²) in [7, 11) is 0. The van der Waals surface area contributed by atoms with Gasteiger partial charge in [-0.25, -0.2) is 0 Å². The van der Waals surface area contributed by atoms with Crippen molar-refractivity contribution in [2.24, 2.45) is 0 Å². The lowest BCUT2D eigenvalue weighted by Crippen LogP contribution is -2.52. The zero-order chi connectivity index (χ0) is 10.5. The number of nitrogens with one attached hydrogen (secondary N) is 1. The van der Waals surface area contributed by atoms with Crippen LogP contribution in [0.3, 0.4) is 0 Å². The van der Waals surface area contributed by atoms with Crippen LogP contribution in [0.1, 0.15) is 26.7 Å². The van der Waals surface area contributed by atoms with Gasteiger partial charge < -0.3 is 10.2 Å². The van der Waals surface area contributed by atoms with Gasteiger partial charge >= 0.3 is 11.9 Å². The molecular weight excluding hydrogens is 174 g/mol. The molecule has 0 saturated carbocycles. The third-order valence-electron chi connectivity index (χ3n) is 2.19. The second kappa shape index (κ2) is 4.81.